The van der Waals surface area contributed by atoms with Crippen LogP contribution in [0, 0.1) is 0 Å². The van der Waals surface area contributed by atoms with Gasteiger partial charge in [0.1, 0.15) is 0 Å². The fraction of sp³-hybridized carbons (Fsp3) is 0.444. The van der Waals surface area contributed by atoms with E-state index < -0.39 is 0 Å². The van der Waals surface area contributed by atoms with Gasteiger partial charge in [-0.3, -0.25) is 0 Å². The zero-order valence-electron chi connectivity index (χ0n) is 13.5. The van der Waals surface area contributed by atoms with Gasteiger partial charge in [0.15, 0.2) is 0 Å². The van der Waals surface area contributed by atoms with Crippen LogP contribution in [0.5, 0.6) is 0 Å². The molecule has 2 atom stereocenters. The molecule has 2 aromatic rings. The summed E-state index contributed by atoms with van der Waals surface area (Å²) in [5.74, 6) is 0. The van der Waals surface area contributed by atoms with Gasteiger partial charge in [-0.05, 0) is 49.9 Å². The lowest BCUT2D eigenvalue weighted by Crippen LogP contribution is -2.25. The van der Waals surface area contributed by atoms with Crippen molar-refractivity contribution >= 4 is 17.0 Å². The van der Waals surface area contributed by atoms with Crippen LogP contribution >= 0.6 is 11.3 Å². The maximum Gasteiger partial charge on any atom is 0.0603 e. The zero-order chi connectivity index (χ0) is 15.2. The van der Waals surface area contributed by atoms with E-state index in [-0.39, 0.29) is 0 Å². The maximum absolute atomic E-state index is 3.59. The average Bonchev–Trinajstić information content (AvgIpc) is 3.05. The molecule has 2 nitrogen and oxygen atoms in total. The molecule has 0 aliphatic heterocycles. The van der Waals surface area contributed by atoms with Crippen molar-refractivity contribution in [2.75, 3.05) is 18.5 Å². The minimum atomic E-state index is 0.374. The van der Waals surface area contributed by atoms with E-state index in [1.54, 1.807) is 0 Å². The highest BCUT2D eigenvalue weighted by atomic mass is 32.1. The Morgan fingerprint density at radius 1 is 1.14 bits per heavy atom. The molecule has 0 spiro atoms. The van der Waals surface area contributed by atoms with Gasteiger partial charge in [0.05, 0.1) is 6.04 Å². The highest BCUT2D eigenvalue weighted by molar-refractivity contribution is 7.10. The van der Waals surface area contributed by atoms with E-state index in [4.69, 9.17) is 0 Å². The summed E-state index contributed by atoms with van der Waals surface area (Å²) in [7, 11) is 2.19. The van der Waals surface area contributed by atoms with Gasteiger partial charge in [-0.1, -0.05) is 31.2 Å². The van der Waals surface area contributed by atoms with Crippen molar-refractivity contribution in [3.8, 4) is 0 Å². The number of benzene rings is 1. The van der Waals surface area contributed by atoms with Gasteiger partial charge in [0.25, 0.3) is 0 Å². The average molecular weight is 302 g/mol. The molecule has 0 bridgehead atoms. The molecule has 3 heteroatoms. The molecule has 0 aliphatic carbocycles. The van der Waals surface area contributed by atoms with Crippen molar-refractivity contribution in [3.05, 3.63) is 52.2 Å². The summed E-state index contributed by atoms with van der Waals surface area (Å²) in [5, 5.41) is 5.74. The number of thiophene rings is 1. The summed E-state index contributed by atoms with van der Waals surface area (Å²) < 4.78 is 0. The number of rotatable bonds is 7. The Labute approximate surface area is 132 Å². The molecule has 114 valence electrons. The fourth-order valence-corrected chi connectivity index (χ4v) is 3.40. The van der Waals surface area contributed by atoms with Crippen LogP contribution < -0.4 is 10.2 Å². The van der Waals surface area contributed by atoms with E-state index >= 15 is 0 Å². The van der Waals surface area contributed by atoms with Crippen LogP contribution in [0.1, 0.15) is 49.7 Å². The molecule has 1 heterocycles. The van der Waals surface area contributed by atoms with Crippen molar-refractivity contribution in [2.24, 2.45) is 0 Å². The largest absolute Gasteiger partial charge is 0.367 e. The van der Waals surface area contributed by atoms with Crippen LogP contribution in [0.15, 0.2) is 41.8 Å². The highest BCUT2D eigenvalue weighted by Crippen LogP contribution is 2.32. The Morgan fingerprint density at radius 3 is 2.57 bits per heavy atom. The Hall–Kier alpha value is -1.32. The standard InChI is InChI=1S/C18H26N2S/c1-5-12-19-14(2)16-9-6-7-10-17(16)20(4)15(3)18-11-8-13-21-18/h6-11,13-15,19H,5,12H2,1-4H3. The second-order valence-electron chi connectivity index (χ2n) is 5.54. The topological polar surface area (TPSA) is 15.3 Å². The van der Waals surface area contributed by atoms with Crippen LogP contribution in [0.2, 0.25) is 0 Å². The number of hydrogen-bond donors (Lipinski definition) is 1. The first-order chi connectivity index (χ1) is 10.1. The van der Waals surface area contributed by atoms with Gasteiger partial charge in [0.2, 0.25) is 0 Å². The van der Waals surface area contributed by atoms with Crippen LogP contribution in [0.3, 0.4) is 0 Å². The van der Waals surface area contributed by atoms with E-state index in [1.165, 1.54) is 16.1 Å². The lowest BCUT2D eigenvalue weighted by atomic mass is 10.0. The quantitative estimate of drug-likeness (QED) is 0.773. The minimum absolute atomic E-state index is 0.374. The fourth-order valence-electron chi connectivity index (χ4n) is 2.57. The molecule has 0 saturated heterocycles. The van der Waals surface area contributed by atoms with E-state index in [1.807, 2.05) is 11.3 Å². The van der Waals surface area contributed by atoms with Crippen molar-refractivity contribution < 1.29 is 0 Å². The first kappa shape index (κ1) is 16.1. The van der Waals surface area contributed by atoms with E-state index in [0.29, 0.717) is 12.1 Å². The molecule has 0 amide bonds. The monoisotopic (exact) mass is 302 g/mol. The summed E-state index contributed by atoms with van der Waals surface area (Å²) in [6, 6.07) is 13.8. The third-order valence-electron chi connectivity index (χ3n) is 4.02. The predicted molar refractivity (Wildman–Crippen MR) is 94.3 cm³/mol. The lowest BCUT2D eigenvalue weighted by Gasteiger charge is -2.30. The second-order valence-corrected chi connectivity index (χ2v) is 6.52. The smallest absolute Gasteiger partial charge is 0.0603 e. The molecule has 0 aliphatic rings. The number of hydrogen-bond acceptors (Lipinski definition) is 3. The number of nitrogens with zero attached hydrogens (tertiary/aromatic N) is 1. The molecule has 0 saturated carbocycles. The summed E-state index contributed by atoms with van der Waals surface area (Å²) in [6.45, 7) is 7.78. The van der Waals surface area contributed by atoms with Crippen molar-refractivity contribution in [1.29, 1.82) is 0 Å². The van der Waals surface area contributed by atoms with Gasteiger partial charge in [-0.15, -0.1) is 11.3 Å². The first-order valence-electron chi connectivity index (χ1n) is 7.73. The highest BCUT2D eigenvalue weighted by Gasteiger charge is 2.18. The molecule has 1 N–H and O–H groups in total. The summed E-state index contributed by atoms with van der Waals surface area (Å²) in [6.07, 6.45) is 1.16. The third-order valence-corrected chi connectivity index (χ3v) is 5.06. The molecule has 0 fully saturated rings. The minimum Gasteiger partial charge on any atom is -0.367 e. The predicted octanol–water partition coefficient (Wildman–Crippen LogP) is 5.01. The molecule has 2 unspecified atom stereocenters. The molecule has 2 rings (SSSR count). The van der Waals surface area contributed by atoms with E-state index in [2.05, 4.69) is 79.8 Å². The Bertz CT molecular complexity index is 536. The Kier molecular flexibility index (Phi) is 5.83. The molecular weight excluding hydrogens is 276 g/mol. The summed E-state index contributed by atoms with van der Waals surface area (Å²) >= 11 is 1.82. The van der Waals surface area contributed by atoms with Gasteiger partial charge in [-0.25, -0.2) is 0 Å². The second kappa shape index (κ2) is 7.62. The van der Waals surface area contributed by atoms with Gasteiger partial charge >= 0.3 is 0 Å². The molecular formula is C18H26N2S. The molecule has 21 heavy (non-hydrogen) atoms. The number of anilines is 1. The van der Waals surface area contributed by atoms with Gasteiger partial charge < -0.3 is 10.2 Å². The molecule has 1 aromatic heterocycles. The van der Waals surface area contributed by atoms with Crippen molar-refractivity contribution in [2.45, 2.75) is 39.3 Å². The van der Waals surface area contributed by atoms with E-state index in [0.717, 1.165) is 13.0 Å². The Balaban J connectivity index is 2.22. The molecule has 1 aromatic carbocycles. The van der Waals surface area contributed by atoms with Crippen molar-refractivity contribution in [3.63, 3.8) is 0 Å². The Morgan fingerprint density at radius 2 is 1.90 bits per heavy atom. The van der Waals surface area contributed by atoms with Crippen LogP contribution in [0.25, 0.3) is 0 Å². The number of para-hydroxylation sites is 1. The normalized spacial score (nSPS) is 13.9. The van der Waals surface area contributed by atoms with Crippen LogP contribution in [0.4, 0.5) is 5.69 Å². The van der Waals surface area contributed by atoms with Crippen LogP contribution in [-0.2, 0) is 0 Å². The maximum atomic E-state index is 3.59. The summed E-state index contributed by atoms with van der Waals surface area (Å²) in [4.78, 5) is 3.78. The number of nitrogens with one attached hydrogen (secondary N) is 1. The SMILES string of the molecule is CCCNC(C)c1ccccc1N(C)C(C)c1cccs1. The van der Waals surface area contributed by atoms with Crippen molar-refractivity contribution in [1.82, 2.24) is 5.32 Å². The zero-order valence-corrected chi connectivity index (χ0v) is 14.3. The van der Waals surface area contributed by atoms with E-state index in [9.17, 15) is 0 Å². The molecule has 0 radical (unpaired) electrons. The van der Waals surface area contributed by atoms with Gasteiger partial charge in [0, 0.05) is 23.7 Å². The first-order valence-corrected chi connectivity index (χ1v) is 8.61. The van der Waals surface area contributed by atoms with Gasteiger partial charge in [-0.2, -0.15) is 0 Å². The third kappa shape index (κ3) is 3.86. The van der Waals surface area contributed by atoms with Crippen LogP contribution in [-0.4, -0.2) is 13.6 Å². The lowest BCUT2D eigenvalue weighted by molar-refractivity contribution is 0.568. The summed E-state index contributed by atoms with van der Waals surface area (Å²) in [5.41, 5.74) is 2.69.